The van der Waals surface area contributed by atoms with Gasteiger partial charge < -0.3 is 0 Å². The van der Waals surface area contributed by atoms with Crippen molar-refractivity contribution in [1.82, 2.24) is 30.2 Å². The van der Waals surface area contributed by atoms with E-state index < -0.39 is 0 Å². The fraction of sp³-hybridized carbons (Fsp3) is 0.278. The van der Waals surface area contributed by atoms with E-state index in [0.717, 1.165) is 40.4 Å². The smallest absolute Gasteiger partial charge is 0.205 e. The number of hydrogen-bond acceptors (Lipinski definition) is 6. The average molecular weight is 348 g/mol. The van der Waals surface area contributed by atoms with E-state index in [9.17, 15) is 0 Å². The van der Waals surface area contributed by atoms with Crippen molar-refractivity contribution in [2.75, 3.05) is 0 Å². The summed E-state index contributed by atoms with van der Waals surface area (Å²) in [4.78, 5) is 12.9. The molecule has 0 radical (unpaired) electrons. The molecule has 25 heavy (non-hydrogen) atoms. The normalized spacial score (nSPS) is 16.9. The number of aromatic nitrogens is 6. The monoisotopic (exact) mass is 348 g/mol. The molecule has 1 aliphatic rings. The molecule has 0 amide bonds. The van der Waals surface area contributed by atoms with Crippen molar-refractivity contribution in [3.8, 4) is 17.2 Å². The predicted molar refractivity (Wildman–Crippen MR) is 96.8 cm³/mol. The van der Waals surface area contributed by atoms with Crippen molar-refractivity contribution in [1.29, 1.82) is 0 Å². The van der Waals surface area contributed by atoms with Crippen molar-refractivity contribution in [2.24, 2.45) is 5.92 Å². The van der Waals surface area contributed by atoms with Gasteiger partial charge in [-0.05, 0) is 36.0 Å². The van der Waals surface area contributed by atoms with Gasteiger partial charge in [0, 0.05) is 10.4 Å². The Hall–Kier alpha value is -2.67. The predicted octanol–water partition coefficient (Wildman–Crippen LogP) is 3.46. The molecule has 0 saturated carbocycles. The number of fused-ring (bicyclic) bond motifs is 3. The van der Waals surface area contributed by atoms with Crippen LogP contribution in [-0.4, -0.2) is 30.2 Å². The molecule has 7 heteroatoms. The van der Waals surface area contributed by atoms with Gasteiger partial charge in [0.25, 0.3) is 0 Å². The number of rotatable bonds is 2. The summed E-state index contributed by atoms with van der Waals surface area (Å²) < 4.78 is 0. The first-order valence-corrected chi connectivity index (χ1v) is 9.22. The van der Waals surface area contributed by atoms with Gasteiger partial charge in [0.15, 0.2) is 5.82 Å². The maximum absolute atomic E-state index is 4.55. The van der Waals surface area contributed by atoms with E-state index in [4.69, 9.17) is 0 Å². The second kappa shape index (κ2) is 5.70. The molecule has 124 valence electrons. The van der Waals surface area contributed by atoms with Gasteiger partial charge in [-0.25, -0.2) is 9.97 Å². The lowest BCUT2D eigenvalue weighted by molar-refractivity contribution is 0.509. The molecule has 0 bridgehead atoms. The first-order chi connectivity index (χ1) is 12.3. The molecule has 0 unspecified atom stereocenters. The molecule has 1 aliphatic carbocycles. The minimum atomic E-state index is 0.602. The van der Waals surface area contributed by atoms with Gasteiger partial charge in [0.1, 0.15) is 11.2 Å². The van der Waals surface area contributed by atoms with Crippen LogP contribution in [-0.2, 0) is 12.8 Å². The first kappa shape index (κ1) is 14.7. The Balaban J connectivity index is 1.65. The van der Waals surface area contributed by atoms with Gasteiger partial charge in [-0.1, -0.05) is 37.3 Å². The lowest BCUT2D eigenvalue weighted by Crippen LogP contribution is -2.10. The van der Waals surface area contributed by atoms with Gasteiger partial charge in [-0.3, -0.25) is 0 Å². The Morgan fingerprint density at radius 2 is 2.04 bits per heavy atom. The highest BCUT2D eigenvalue weighted by Gasteiger charge is 2.24. The van der Waals surface area contributed by atoms with Gasteiger partial charge in [-0.15, -0.1) is 26.3 Å². The summed E-state index contributed by atoms with van der Waals surface area (Å²) in [6.45, 7) is 2.31. The fourth-order valence-electron chi connectivity index (χ4n) is 3.42. The molecule has 0 aliphatic heterocycles. The summed E-state index contributed by atoms with van der Waals surface area (Å²) in [6.07, 6.45) is 4.98. The van der Waals surface area contributed by atoms with Crippen molar-refractivity contribution in [2.45, 2.75) is 26.2 Å². The van der Waals surface area contributed by atoms with E-state index >= 15 is 0 Å². The van der Waals surface area contributed by atoms with Crippen molar-refractivity contribution >= 4 is 21.6 Å². The highest BCUT2D eigenvalue weighted by Crippen LogP contribution is 2.38. The quantitative estimate of drug-likeness (QED) is 0.555. The maximum atomic E-state index is 4.55. The van der Waals surface area contributed by atoms with Crippen molar-refractivity contribution in [3.05, 3.63) is 47.1 Å². The average Bonchev–Trinajstić information content (AvgIpc) is 3.26. The van der Waals surface area contributed by atoms with Crippen LogP contribution in [0.2, 0.25) is 0 Å². The fourth-order valence-corrected chi connectivity index (χ4v) is 4.76. The van der Waals surface area contributed by atoms with E-state index in [1.165, 1.54) is 21.7 Å². The largest absolute Gasteiger partial charge is 0.225 e. The minimum absolute atomic E-state index is 0.602. The van der Waals surface area contributed by atoms with Crippen LogP contribution in [0, 0.1) is 5.92 Å². The molecule has 0 fully saturated rings. The number of thiophene rings is 1. The highest BCUT2D eigenvalue weighted by atomic mass is 32.1. The van der Waals surface area contributed by atoms with E-state index in [1.54, 1.807) is 17.7 Å². The Kier molecular flexibility index (Phi) is 3.34. The molecular formula is C18H16N6S. The van der Waals surface area contributed by atoms with Gasteiger partial charge in [-0.2, -0.15) is 0 Å². The van der Waals surface area contributed by atoms with Crippen molar-refractivity contribution < 1.29 is 0 Å². The number of nitrogens with zero attached hydrogens (tertiary/aromatic N) is 6. The van der Waals surface area contributed by atoms with Crippen LogP contribution in [0.4, 0.5) is 0 Å². The van der Waals surface area contributed by atoms with E-state index in [0.29, 0.717) is 5.82 Å². The molecule has 6 nitrogen and oxygen atoms in total. The lowest BCUT2D eigenvalue weighted by Gasteiger charge is -2.17. The number of tetrazole rings is 1. The molecule has 0 N–H and O–H groups in total. The summed E-state index contributed by atoms with van der Waals surface area (Å²) in [5, 5.41) is 14.1. The van der Waals surface area contributed by atoms with E-state index in [1.807, 2.05) is 30.3 Å². The zero-order valence-electron chi connectivity index (χ0n) is 13.8. The molecular weight excluding hydrogens is 332 g/mol. The van der Waals surface area contributed by atoms with Crippen molar-refractivity contribution in [3.63, 3.8) is 0 Å². The maximum Gasteiger partial charge on any atom is 0.205 e. The molecule has 0 spiro atoms. The topological polar surface area (TPSA) is 69.4 Å². The van der Waals surface area contributed by atoms with Crippen LogP contribution < -0.4 is 0 Å². The summed E-state index contributed by atoms with van der Waals surface area (Å²) in [5.74, 6) is 2.06. The zero-order valence-corrected chi connectivity index (χ0v) is 14.6. The number of hydrogen-bond donors (Lipinski definition) is 0. The summed E-state index contributed by atoms with van der Waals surface area (Å²) in [5.41, 5.74) is 2.31. The SMILES string of the molecule is C[C@@H]1CCc2c(sc3ncnc(-n4nnc(-c5ccccc5)n4)c23)C1. The van der Waals surface area contributed by atoms with Crippen LogP contribution >= 0.6 is 11.3 Å². The molecule has 3 aromatic heterocycles. The molecule has 5 rings (SSSR count). The summed E-state index contributed by atoms with van der Waals surface area (Å²) >= 11 is 1.78. The van der Waals surface area contributed by atoms with Gasteiger partial charge >= 0.3 is 0 Å². The second-order valence-corrected chi connectivity index (χ2v) is 7.58. The van der Waals surface area contributed by atoms with Crippen LogP contribution in [0.3, 0.4) is 0 Å². The van der Waals surface area contributed by atoms with Gasteiger partial charge in [0.05, 0.1) is 5.39 Å². The second-order valence-electron chi connectivity index (χ2n) is 6.50. The summed E-state index contributed by atoms with van der Waals surface area (Å²) in [6, 6.07) is 9.86. The third kappa shape index (κ3) is 2.42. The molecule has 1 aromatic carbocycles. The standard InChI is InChI=1S/C18H16N6S/c1-11-7-8-13-14(9-11)25-18-15(13)17(19-10-20-18)24-22-16(21-23-24)12-5-3-2-4-6-12/h2-6,10-11H,7-9H2,1H3/t11-/m1/s1. The van der Waals surface area contributed by atoms with E-state index in [2.05, 4.69) is 32.3 Å². The Morgan fingerprint density at radius 1 is 1.16 bits per heavy atom. The van der Waals surface area contributed by atoms with Crippen LogP contribution in [0.5, 0.6) is 0 Å². The number of benzene rings is 1. The number of aryl methyl sites for hydroxylation is 1. The third-order valence-corrected chi connectivity index (χ3v) is 5.87. The molecule has 1 atom stereocenters. The molecule has 3 heterocycles. The zero-order chi connectivity index (χ0) is 16.8. The third-order valence-electron chi connectivity index (χ3n) is 4.71. The van der Waals surface area contributed by atoms with Crippen LogP contribution in [0.1, 0.15) is 23.8 Å². The highest BCUT2D eigenvalue weighted by molar-refractivity contribution is 7.18. The van der Waals surface area contributed by atoms with E-state index in [-0.39, 0.29) is 0 Å². The van der Waals surface area contributed by atoms with Gasteiger partial charge in [0.2, 0.25) is 5.82 Å². The Morgan fingerprint density at radius 3 is 2.92 bits per heavy atom. The summed E-state index contributed by atoms with van der Waals surface area (Å²) in [7, 11) is 0. The Bertz CT molecular complexity index is 1050. The minimum Gasteiger partial charge on any atom is -0.225 e. The lowest BCUT2D eigenvalue weighted by atomic mass is 9.89. The molecule has 0 saturated heterocycles. The van der Waals surface area contributed by atoms with Crippen LogP contribution in [0.25, 0.3) is 27.4 Å². The first-order valence-electron chi connectivity index (χ1n) is 8.40. The van der Waals surface area contributed by atoms with Crippen LogP contribution in [0.15, 0.2) is 36.7 Å². The molecule has 4 aromatic rings. The Labute approximate surface area is 148 Å².